The van der Waals surface area contributed by atoms with E-state index < -0.39 is 5.95 Å². The summed E-state index contributed by atoms with van der Waals surface area (Å²) < 4.78 is 17.2. The molecule has 0 unspecified atom stereocenters. The molecule has 0 aliphatic carbocycles. The van der Waals surface area contributed by atoms with Crippen LogP contribution in [0, 0.1) is 17.3 Å². The van der Waals surface area contributed by atoms with Crippen molar-refractivity contribution in [3.8, 4) is 11.8 Å². The largest absolute Gasteiger partial charge is 0.495 e. The second kappa shape index (κ2) is 2.97. The molecule has 1 aromatic heterocycles. The molecular formula is C7H5FN2O. The highest BCUT2D eigenvalue weighted by Crippen LogP contribution is 2.11. The van der Waals surface area contributed by atoms with E-state index in [1.807, 2.05) is 0 Å². The fraction of sp³-hybridized carbons (Fsp3) is 0.143. The minimum Gasteiger partial charge on any atom is -0.495 e. The topological polar surface area (TPSA) is 45.9 Å². The Bertz CT molecular complexity index is 306. The van der Waals surface area contributed by atoms with Crippen molar-refractivity contribution >= 4 is 0 Å². The molecule has 0 amide bonds. The molecule has 1 heterocycles. The van der Waals surface area contributed by atoms with E-state index in [-0.39, 0.29) is 5.56 Å². The van der Waals surface area contributed by atoms with E-state index in [0.717, 1.165) is 0 Å². The number of ether oxygens (including phenoxy) is 1. The highest BCUT2D eigenvalue weighted by atomic mass is 19.1. The summed E-state index contributed by atoms with van der Waals surface area (Å²) in [7, 11) is 1.43. The summed E-state index contributed by atoms with van der Waals surface area (Å²) in [6.45, 7) is 0. The number of hydrogen-bond donors (Lipinski definition) is 0. The third-order valence-electron chi connectivity index (χ3n) is 1.17. The van der Waals surface area contributed by atoms with Crippen molar-refractivity contribution in [2.24, 2.45) is 0 Å². The van der Waals surface area contributed by atoms with Gasteiger partial charge in [-0.1, -0.05) is 0 Å². The molecule has 1 rings (SSSR count). The number of nitriles is 1. The van der Waals surface area contributed by atoms with Gasteiger partial charge in [-0.05, 0) is 0 Å². The Morgan fingerprint density at radius 1 is 1.73 bits per heavy atom. The summed E-state index contributed by atoms with van der Waals surface area (Å²) in [5.41, 5.74) is -0.107. The lowest BCUT2D eigenvalue weighted by molar-refractivity contribution is 0.409. The highest BCUT2D eigenvalue weighted by molar-refractivity contribution is 5.33. The van der Waals surface area contributed by atoms with Crippen molar-refractivity contribution in [2.45, 2.75) is 0 Å². The molecule has 3 nitrogen and oxygen atoms in total. The van der Waals surface area contributed by atoms with Crippen molar-refractivity contribution in [3.05, 3.63) is 23.8 Å². The number of methoxy groups -OCH3 is 1. The summed E-state index contributed by atoms with van der Waals surface area (Å²) in [6, 6.07) is 2.95. The summed E-state index contributed by atoms with van der Waals surface area (Å²) in [6.07, 6.45) is 1.22. The third-order valence-corrected chi connectivity index (χ3v) is 1.17. The van der Waals surface area contributed by atoms with Crippen molar-refractivity contribution in [1.82, 2.24) is 4.98 Å². The van der Waals surface area contributed by atoms with Crippen LogP contribution in [0.25, 0.3) is 0 Å². The number of pyridine rings is 1. The van der Waals surface area contributed by atoms with Gasteiger partial charge in [0.1, 0.15) is 17.4 Å². The average Bonchev–Trinajstić information content (AvgIpc) is 2.05. The molecule has 0 spiro atoms. The van der Waals surface area contributed by atoms with Crippen molar-refractivity contribution in [2.75, 3.05) is 7.11 Å². The monoisotopic (exact) mass is 152 g/mol. The zero-order chi connectivity index (χ0) is 8.27. The van der Waals surface area contributed by atoms with Crippen LogP contribution in [-0.4, -0.2) is 12.1 Å². The third kappa shape index (κ3) is 1.44. The molecule has 0 saturated heterocycles. The number of hydrogen-bond acceptors (Lipinski definition) is 3. The molecule has 0 radical (unpaired) electrons. The van der Waals surface area contributed by atoms with Gasteiger partial charge in [0.25, 0.3) is 0 Å². The van der Waals surface area contributed by atoms with Crippen LogP contribution in [-0.2, 0) is 0 Å². The van der Waals surface area contributed by atoms with Gasteiger partial charge < -0.3 is 4.74 Å². The first-order chi connectivity index (χ1) is 5.27. The maximum Gasteiger partial charge on any atom is 0.231 e. The molecule has 0 atom stereocenters. The number of halogens is 1. The van der Waals surface area contributed by atoms with Gasteiger partial charge in [0, 0.05) is 6.07 Å². The maximum absolute atomic E-state index is 12.5. The van der Waals surface area contributed by atoms with Crippen LogP contribution in [0.3, 0.4) is 0 Å². The van der Waals surface area contributed by atoms with Crippen LogP contribution in [0.15, 0.2) is 12.3 Å². The Balaban J connectivity index is 3.15. The van der Waals surface area contributed by atoms with Crippen LogP contribution >= 0.6 is 0 Å². The molecule has 0 aliphatic heterocycles. The second-order valence-electron chi connectivity index (χ2n) is 1.83. The zero-order valence-electron chi connectivity index (χ0n) is 5.84. The van der Waals surface area contributed by atoms with E-state index >= 15 is 0 Å². The lowest BCUT2D eigenvalue weighted by Gasteiger charge is -1.97. The van der Waals surface area contributed by atoms with Crippen molar-refractivity contribution in [3.63, 3.8) is 0 Å². The Morgan fingerprint density at radius 3 is 3.00 bits per heavy atom. The molecule has 0 aliphatic rings. The Morgan fingerprint density at radius 2 is 2.45 bits per heavy atom. The lowest BCUT2D eigenvalue weighted by Crippen LogP contribution is -1.91. The molecule has 0 fully saturated rings. The molecule has 0 N–H and O–H groups in total. The molecular weight excluding hydrogens is 147 g/mol. The molecule has 56 valence electrons. The quantitative estimate of drug-likeness (QED) is 0.566. The Labute approximate surface area is 63.1 Å². The fourth-order valence-electron chi connectivity index (χ4n) is 0.619. The molecule has 0 aromatic carbocycles. The minimum absolute atomic E-state index is 0.107. The molecule has 0 saturated carbocycles. The van der Waals surface area contributed by atoms with Crippen molar-refractivity contribution < 1.29 is 9.13 Å². The van der Waals surface area contributed by atoms with Crippen molar-refractivity contribution in [1.29, 1.82) is 5.26 Å². The highest BCUT2D eigenvalue weighted by Gasteiger charge is 2.02. The SMILES string of the molecule is COc1cnc(F)c(C#N)c1. The van der Waals surface area contributed by atoms with E-state index in [4.69, 9.17) is 10.00 Å². The van der Waals surface area contributed by atoms with Gasteiger partial charge in [-0.25, -0.2) is 4.98 Å². The van der Waals surface area contributed by atoms with E-state index in [1.54, 1.807) is 6.07 Å². The van der Waals surface area contributed by atoms with E-state index in [9.17, 15) is 4.39 Å². The number of aromatic nitrogens is 1. The predicted molar refractivity (Wildman–Crippen MR) is 35.5 cm³/mol. The molecule has 0 bridgehead atoms. The summed E-state index contributed by atoms with van der Waals surface area (Å²) in [5.74, 6) is -0.392. The summed E-state index contributed by atoms with van der Waals surface area (Å²) in [5, 5.41) is 8.35. The normalized spacial score (nSPS) is 8.82. The smallest absolute Gasteiger partial charge is 0.231 e. The van der Waals surface area contributed by atoms with Gasteiger partial charge in [-0.2, -0.15) is 9.65 Å². The fourth-order valence-corrected chi connectivity index (χ4v) is 0.619. The summed E-state index contributed by atoms with van der Waals surface area (Å²) >= 11 is 0. The van der Waals surface area contributed by atoms with E-state index in [1.165, 1.54) is 19.4 Å². The first kappa shape index (κ1) is 7.48. The Kier molecular flexibility index (Phi) is 2.02. The lowest BCUT2D eigenvalue weighted by atomic mass is 10.3. The predicted octanol–water partition coefficient (Wildman–Crippen LogP) is 1.10. The number of nitrogens with zero attached hydrogens (tertiary/aromatic N) is 2. The van der Waals surface area contributed by atoms with Crippen LogP contribution in [0.5, 0.6) is 5.75 Å². The first-order valence-corrected chi connectivity index (χ1v) is 2.87. The summed E-state index contributed by atoms with van der Waals surface area (Å²) in [4.78, 5) is 3.31. The molecule has 4 heteroatoms. The molecule has 11 heavy (non-hydrogen) atoms. The van der Waals surface area contributed by atoms with Gasteiger partial charge >= 0.3 is 0 Å². The van der Waals surface area contributed by atoms with E-state index in [0.29, 0.717) is 5.75 Å². The zero-order valence-corrected chi connectivity index (χ0v) is 5.84. The average molecular weight is 152 g/mol. The standard InChI is InChI=1S/C7H5FN2O/c1-11-6-2-5(3-9)7(8)10-4-6/h2,4H,1H3. The van der Waals surface area contributed by atoms with Crippen LogP contribution in [0.4, 0.5) is 4.39 Å². The minimum atomic E-state index is -0.770. The van der Waals surface area contributed by atoms with E-state index in [2.05, 4.69) is 4.98 Å². The van der Waals surface area contributed by atoms with Crippen LogP contribution in [0.1, 0.15) is 5.56 Å². The maximum atomic E-state index is 12.5. The van der Waals surface area contributed by atoms with Gasteiger partial charge in [0.2, 0.25) is 5.95 Å². The molecule has 1 aromatic rings. The van der Waals surface area contributed by atoms with Crippen LogP contribution < -0.4 is 4.74 Å². The van der Waals surface area contributed by atoms with Gasteiger partial charge in [-0.3, -0.25) is 0 Å². The van der Waals surface area contributed by atoms with Crippen LogP contribution in [0.2, 0.25) is 0 Å². The second-order valence-corrected chi connectivity index (χ2v) is 1.83. The van der Waals surface area contributed by atoms with Gasteiger partial charge in [0.05, 0.1) is 13.3 Å². The first-order valence-electron chi connectivity index (χ1n) is 2.87. The van der Waals surface area contributed by atoms with Gasteiger partial charge in [0.15, 0.2) is 0 Å². The number of rotatable bonds is 1. The Hall–Kier alpha value is -1.63. The van der Waals surface area contributed by atoms with Gasteiger partial charge in [-0.15, -0.1) is 0 Å².